The maximum absolute atomic E-state index is 12.3. The Labute approximate surface area is 146 Å². The molecule has 1 aromatic heterocycles. The smallest absolute Gasteiger partial charge is 0.338 e. The number of hydrogen-bond acceptors (Lipinski definition) is 7. The number of halogens is 1. The Hall–Kier alpha value is -3.13. The first-order valence-corrected chi connectivity index (χ1v) is 7.69. The van der Waals surface area contributed by atoms with Gasteiger partial charge in [0.1, 0.15) is 0 Å². The van der Waals surface area contributed by atoms with E-state index in [1.54, 1.807) is 0 Å². The second-order valence-electron chi connectivity index (χ2n) is 5.11. The lowest BCUT2D eigenvalue weighted by atomic mass is 10.2. The molecule has 3 aromatic rings. The minimum atomic E-state index is -0.567. The van der Waals surface area contributed by atoms with Crippen LogP contribution in [0.2, 0.25) is 5.02 Å². The molecule has 0 amide bonds. The van der Waals surface area contributed by atoms with Gasteiger partial charge in [-0.25, -0.2) is 4.79 Å². The highest BCUT2D eigenvalue weighted by Gasteiger charge is 2.22. The summed E-state index contributed by atoms with van der Waals surface area (Å²) in [4.78, 5) is 12.3. The molecule has 0 spiro atoms. The Morgan fingerprint density at radius 1 is 1.24 bits per heavy atom. The minimum Gasteiger partial charge on any atom is -0.454 e. The molecule has 1 aliphatic heterocycles. The zero-order chi connectivity index (χ0) is 17.2. The van der Waals surface area contributed by atoms with Crippen LogP contribution in [0.25, 0.3) is 5.69 Å². The first kappa shape index (κ1) is 15.4. The van der Waals surface area contributed by atoms with Gasteiger partial charge in [0.25, 0.3) is 0 Å². The van der Waals surface area contributed by atoms with E-state index in [1.807, 2.05) is 30.3 Å². The van der Waals surface area contributed by atoms with Crippen molar-refractivity contribution in [1.82, 2.24) is 20.2 Å². The average Bonchev–Trinajstić information content (AvgIpc) is 3.29. The van der Waals surface area contributed by atoms with Crippen LogP contribution >= 0.6 is 11.6 Å². The fourth-order valence-electron chi connectivity index (χ4n) is 2.36. The maximum Gasteiger partial charge on any atom is 0.338 e. The van der Waals surface area contributed by atoms with E-state index in [0.29, 0.717) is 17.3 Å². The Morgan fingerprint density at radius 3 is 2.92 bits per heavy atom. The largest absolute Gasteiger partial charge is 0.454 e. The van der Waals surface area contributed by atoms with E-state index in [0.717, 1.165) is 5.69 Å². The Morgan fingerprint density at radius 2 is 2.08 bits per heavy atom. The molecular weight excluding hydrogens is 348 g/mol. The summed E-state index contributed by atoms with van der Waals surface area (Å²) in [5.74, 6) is 0.661. The fraction of sp³-hybridized carbons (Fsp3) is 0.125. The molecule has 0 saturated heterocycles. The number of fused-ring (bicyclic) bond motifs is 1. The van der Waals surface area contributed by atoms with Crippen molar-refractivity contribution in [3.05, 3.63) is 58.9 Å². The van der Waals surface area contributed by atoms with Gasteiger partial charge < -0.3 is 14.2 Å². The standard InChI is InChI=1S/C16H11ClN4O4/c17-12-6-10(7-13-15(12)25-9-24-13)16(22)23-8-14-18-19-20-21(14)11-4-2-1-3-5-11/h1-7H,8-9H2. The topological polar surface area (TPSA) is 88.4 Å². The third kappa shape index (κ3) is 2.99. The second kappa shape index (κ2) is 6.40. The molecule has 2 aromatic carbocycles. The van der Waals surface area contributed by atoms with Gasteiger partial charge in [-0.2, -0.15) is 4.68 Å². The van der Waals surface area contributed by atoms with Gasteiger partial charge in [0.05, 0.1) is 16.3 Å². The van der Waals surface area contributed by atoms with Crippen molar-refractivity contribution < 1.29 is 19.0 Å². The molecule has 0 aliphatic carbocycles. The third-order valence-corrected chi connectivity index (χ3v) is 3.81. The molecule has 4 rings (SSSR count). The van der Waals surface area contributed by atoms with Gasteiger partial charge in [-0.3, -0.25) is 0 Å². The van der Waals surface area contributed by atoms with Crippen molar-refractivity contribution in [2.75, 3.05) is 6.79 Å². The predicted octanol–water partition coefficient (Wildman–Crippen LogP) is 2.40. The molecule has 0 atom stereocenters. The van der Waals surface area contributed by atoms with E-state index in [4.69, 9.17) is 25.8 Å². The highest BCUT2D eigenvalue weighted by Crippen LogP contribution is 2.39. The quantitative estimate of drug-likeness (QED) is 0.661. The fourth-order valence-corrected chi connectivity index (χ4v) is 2.63. The molecule has 2 heterocycles. The van der Waals surface area contributed by atoms with Crippen LogP contribution in [-0.2, 0) is 11.3 Å². The van der Waals surface area contributed by atoms with Crippen LogP contribution in [0.3, 0.4) is 0 Å². The first-order valence-electron chi connectivity index (χ1n) is 7.31. The Bertz CT molecular complexity index is 929. The van der Waals surface area contributed by atoms with Crippen molar-refractivity contribution in [3.8, 4) is 17.2 Å². The summed E-state index contributed by atoms with van der Waals surface area (Å²) in [6, 6.07) is 12.3. The molecule has 0 unspecified atom stereocenters. The van der Waals surface area contributed by atoms with Gasteiger partial charge in [0.2, 0.25) is 6.79 Å². The van der Waals surface area contributed by atoms with E-state index >= 15 is 0 Å². The summed E-state index contributed by atoms with van der Waals surface area (Å²) in [6.45, 7) is -0.0216. The SMILES string of the molecule is O=C(OCc1nnnn1-c1ccccc1)c1cc(Cl)c2c(c1)OCO2. The molecule has 25 heavy (non-hydrogen) atoms. The summed E-state index contributed by atoms with van der Waals surface area (Å²) in [6.07, 6.45) is 0. The molecule has 0 N–H and O–H groups in total. The van der Waals surface area contributed by atoms with Crippen molar-refractivity contribution in [1.29, 1.82) is 0 Å². The molecule has 0 bridgehead atoms. The van der Waals surface area contributed by atoms with Gasteiger partial charge in [-0.05, 0) is 34.7 Å². The Kier molecular flexibility index (Phi) is 3.95. The van der Waals surface area contributed by atoms with Gasteiger partial charge in [0, 0.05) is 0 Å². The van der Waals surface area contributed by atoms with Crippen molar-refractivity contribution in [2.24, 2.45) is 0 Å². The van der Waals surface area contributed by atoms with Gasteiger partial charge in [-0.1, -0.05) is 29.8 Å². The summed E-state index contributed by atoms with van der Waals surface area (Å²) in [5.41, 5.74) is 1.03. The van der Waals surface area contributed by atoms with Crippen LogP contribution in [0.4, 0.5) is 0 Å². The summed E-state index contributed by atoms with van der Waals surface area (Å²) in [7, 11) is 0. The number of tetrazole rings is 1. The summed E-state index contributed by atoms with van der Waals surface area (Å²) >= 11 is 6.07. The predicted molar refractivity (Wildman–Crippen MR) is 85.8 cm³/mol. The van der Waals surface area contributed by atoms with Crippen molar-refractivity contribution in [2.45, 2.75) is 6.61 Å². The van der Waals surface area contributed by atoms with Crippen molar-refractivity contribution >= 4 is 17.6 Å². The number of carbonyl (C=O) groups excluding carboxylic acids is 1. The minimum absolute atomic E-state index is 0.0689. The number of esters is 1. The third-order valence-electron chi connectivity index (χ3n) is 3.53. The molecule has 0 radical (unpaired) electrons. The number of benzene rings is 2. The number of rotatable bonds is 4. The van der Waals surface area contributed by atoms with E-state index in [-0.39, 0.29) is 24.0 Å². The molecule has 1 aliphatic rings. The maximum atomic E-state index is 12.3. The van der Waals surface area contributed by atoms with Crippen LogP contribution in [0.15, 0.2) is 42.5 Å². The van der Waals surface area contributed by atoms with Gasteiger partial charge in [0.15, 0.2) is 23.9 Å². The molecular formula is C16H11ClN4O4. The number of ether oxygens (including phenoxy) is 3. The molecule has 0 saturated carbocycles. The van der Waals surface area contributed by atoms with Crippen LogP contribution in [0.5, 0.6) is 11.5 Å². The number of nitrogens with zero attached hydrogens (tertiary/aromatic N) is 4. The Balaban J connectivity index is 1.50. The average molecular weight is 359 g/mol. The lowest BCUT2D eigenvalue weighted by Crippen LogP contribution is -2.10. The van der Waals surface area contributed by atoms with E-state index < -0.39 is 5.97 Å². The van der Waals surface area contributed by atoms with Gasteiger partial charge in [-0.15, -0.1) is 5.10 Å². The molecule has 9 heteroatoms. The lowest BCUT2D eigenvalue weighted by molar-refractivity contribution is 0.0459. The number of hydrogen-bond donors (Lipinski definition) is 0. The second-order valence-corrected chi connectivity index (χ2v) is 5.52. The van der Waals surface area contributed by atoms with E-state index in [2.05, 4.69) is 15.5 Å². The number of para-hydroxylation sites is 1. The highest BCUT2D eigenvalue weighted by molar-refractivity contribution is 6.32. The molecule has 0 fully saturated rings. The summed E-state index contributed by atoms with van der Waals surface area (Å²) < 4.78 is 17.2. The number of carbonyl (C=O) groups is 1. The summed E-state index contributed by atoms with van der Waals surface area (Å²) in [5, 5.41) is 11.7. The van der Waals surface area contributed by atoms with Crippen LogP contribution < -0.4 is 9.47 Å². The van der Waals surface area contributed by atoms with E-state index in [9.17, 15) is 4.79 Å². The molecule has 8 nitrogen and oxygen atoms in total. The number of aromatic nitrogens is 4. The monoisotopic (exact) mass is 358 g/mol. The lowest BCUT2D eigenvalue weighted by Gasteiger charge is -2.07. The zero-order valence-corrected chi connectivity index (χ0v) is 13.5. The normalized spacial score (nSPS) is 12.2. The first-order chi connectivity index (χ1) is 12.2. The van der Waals surface area contributed by atoms with E-state index in [1.165, 1.54) is 16.8 Å². The van der Waals surface area contributed by atoms with Gasteiger partial charge >= 0.3 is 5.97 Å². The van der Waals surface area contributed by atoms with Crippen molar-refractivity contribution in [3.63, 3.8) is 0 Å². The zero-order valence-electron chi connectivity index (χ0n) is 12.8. The highest BCUT2D eigenvalue weighted by atomic mass is 35.5. The van der Waals surface area contributed by atoms with Crippen LogP contribution in [0, 0.1) is 0 Å². The van der Waals surface area contributed by atoms with Crippen LogP contribution in [-0.4, -0.2) is 33.0 Å². The molecule has 126 valence electrons. The van der Waals surface area contributed by atoms with Crippen LogP contribution in [0.1, 0.15) is 16.2 Å².